The molecule has 0 spiro atoms. The van der Waals surface area contributed by atoms with Crippen LogP contribution >= 0.6 is 0 Å². The molecule has 2 aromatic heterocycles. The maximum Gasteiger partial charge on any atom is 0.416 e. The summed E-state index contributed by atoms with van der Waals surface area (Å²) in [5.41, 5.74) is -0.862. The first kappa shape index (κ1) is 25.3. The zero-order valence-corrected chi connectivity index (χ0v) is 21.0. The highest BCUT2D eigenvalue weighted by atomic mass is 19.4. The van der Waals surface area contributed by atoms with Crippen LogP contribution in [-0.2, 0) is 6.18 Å². The van der Waals surface area contributed by atoms with Gasteiger partial charge in [-0.3, -0.25) is 0 Å². The number of aliphatic hydroxyl groups is 2. The van der Waals surface area contributed by atoms with Gasteiger partial charge in [-0.2, -0.15) is 28.2 Å². The van der Waals surface area contributed by atoms with Crippen LogP contribution in [0.1, 0.15) is 44.1 Å². The van der Waals surface area contributed by atoms with Crippen molar-refractivity contribution in [2.24, 2.45) is 0 Å². The molecule has 3 N–H and O–H groups in total. The highest BCUT2D eigenvalue weighted by Crippen LogP contribution is 2.35. The maximum absolute atomic E-state index is 13.4. The Hall–Kier alpha value is -2.96. The fourth-order valence-corrected chi connectivity index (χ4v) is 5.74. The lowest BCUT2D eigenvalue weighted by atomic mass is 9.90. The van der Waals surface area contributed by atoms with E-state index < -0.39 is 17.3 Å². The molecule has 4 heterocycles. The number of β-amino-alcohol motifs (C(OH)–C–C–N with tert-alkyl or cyclic N) is 1. The summed E-state index contributed by atoms with van der Waals surface area (Å²) in [6.07, 6.45) is 1.44. The molecule has 1 saturated carbocycles. The van der Waals surface area contributed by atoms with Crippen LogP contribution in [0, 0.1) is 0 Å². The number of nitrogens with one attached hydrogen (secondary N) is 1. The van der Waals surface area contributed by atoms with E-state index in [1.807, 2.05) is 0 Å². The predicted octanol–water partition coefficient (Wildman–Crippen LogP) is 3.20. The van der Waals surface area contributed by atoms with Crippen molar-refractivity contribution < 1.29 is 23.4 Å². The summed E-state index contributed by atoms with van der Waals surface area (Å²) in [6.45, 7) is 3.90. The molecule has 38 heavy (non-hydrogen) atoms. The number of aliphatic hydroxyl groups excluding tert-OH is 1. The molecule has 3 fully saturated rings. The summed E-state index contributed by atoms with van der Waals surface area (Å²) in [4.78, 5) is 13.8. The first-order valence-corrected chi connectivity index (χ1v) is 13.2. The lowest BCUT2D eigenvalue weighted by Gasteiger charge is -2.40. The summed E-state index contributed by atoms with van der Waals surface area (Å²) in [7, 11) is 0. The minimum atomic E-state index is -4.48. The number of nitrogens with zero attached hydrogens (tertiary/aromatic N) is 6. The second kappa shape index (κ2) is 9.65. The number of piperidine rings is 1. The molecule has 0 atom stereocenters. The van der Waals surface area contributed by atoms with Gasteiger partial charge in [0, 0.05) is 25.7 Å². The molecule has 204 valence electrons. The molecule has 12 heteroatoms. The number of aromatic nitrogens is 4. The minimum absolute atomic E-state index is 0.0205. The molecule has 0 bridgehead atoms. The van der Waals surface area contributed by atoms with Crippen LogP contribution in [0.4, 0.5) is 24.9 Å². The van der Waals surface area contributed by atoms with E-state index >= 15 is 0 Å². The fourth-order valence-electron chi connectivity index (χ4n) is 5.74. The van der Waals surface area contributed by atoms with E-state index in [0.717, 1.165) is 25.2 Å². The third-order valence-corrected chi connectivity index (χ3v) is 7.98. The summed E-state index contributed by atoms with van der Waals surface area (Å²) in [5, 5.41) is 29.3. The van der Waals surface area contributed by atoms with Crippen molar-refractivity contribution >= 4 is 22.8 Å². The Morgan fingerprint density at radius 1 is 1.05 bits per heavy atom. The quantitative estimate of drug-likeness (QED) is 0.446. The van der Waals surface area contributed by atoms with Crippen LogP contribution in [-0.4, -0.2) is 85.3 Å². The molecule has 0 amide bonds. The number of halogens is 3. The molecule has 0 radical (unpaired) electrons. The number of likely N-dealkylation sites (tertiary alicyclic amines) is 1. The Balaban J connectivity index is 1.32. The van der Waals surface area contributed by atoms with Gasteiger partial charge in [0.25, 0.3) is 0 Å². The number of anilines is 2. The van der Waals surface area contributed by atoms with E-state index in [1.165, 1.54) is 23.6 Å². The molecule has 0 unspecified atom stereocenters. The van der Waals surface area contributed by atoms with Crippen molar-refractivity contribution in [1.82, 2.24) is 24.6 Å². The van der Waals surface area contributed by atoms with E-state index in [9.17, 15) is 23.4 Å². The molecule has 2 saturated heterocycles. The second-order valence-electron chi connectivity index (χ2n) is 10.9. The zero-order chi connectivity index (χ0) is 26.5. The van der Waals surface area contributed by atoms with Gasteiger partial charge < -0.3 is 25.3 Å². The molecule has 6 rings (SSSR count). The lowest BCUT2D eigenvalue weighted by Crippen LogP contribution is -2.50. The van der Waals surface area contributed by atoms with Crippen molar-refractivity contribution in [2.75, 3.05) is 42.9 Å². The van der Waals surface area contributed by atoms with Gasteiger partial charge in [0.2, 0.25) is 5.95 Å². The number of hydrogen-bond donors (Lipinski definition) is 3. The predicted molar refractivity (Wildman–Crippen MR) is 136 cm³/mol. The van der Waals surface area contributed by atoms with Crippen molar-refractivity contribution in [3.63, 3.8) is 0 Å². The number of alkyl halides is 3. The van der Waals surface area contributed by atoms with Crippen LogP contribution in [0.15, 0.2) is 30.5 Å². The highest BCUT2D eigenvalue weighted by Gasteiger charge is 2.36. The Morgan fingerprint density at radius 2 is 1.79 bits per heavy atom. The van der Waals surface area contributed by atoms with Crippen LogP contribution in [0.2, 0.25) is 0 Å². The average Bonchev–Trinajstić information content (AvgIpc) is 3.52. The van der Waals surface area contributed by atoms with E-state index in [0.29, 0.717) is 68.1 Å². The number of rotatable bonds is 6. The lowest BCUT2D eigenvalue weighted by molar-refractivity contribution is -0.137. The Bertz CT molecular complexity index is 1290. The Morgan fingerprint density at radius 3 is 2.47 bits per heavy atom. The molecule has 1 aromatic carbocycles. The summed E-state index contributed by atoms with van der Waals surface area (Å²) in [6, 6.07) is 5.03. The summed E-state index contributed by atoms with van der Waals surface area (Å²) >= 11 is 0. The molecule has 1 aliphatic carbocycles. The molecule has 3 aromatic rings. The molecular weight excluding hydrogens is 499 g/mol. The van der Waals surface area contributed by atoms with Crippen LogP contribution in [0.5, 0.6) is 0 Å². The first-order valence-electron chi connectivity index (χ1n) is 13.2. The van der Waals surface area contributed by atoms with Gasteiger partial charge in [-0.15, -0.1) is 0 Å². The van der Waals surface area contributed by atoms with Crippen molar-refractivity contribution in [1.29, 1.82) is 0 Å². The Kier molecular flexibility index (Phi) is 6.43. The maximum atomic E-state index is 13.4. The number of benzene rings is 1. The fraction of sp³-hybridized carbons (Fsp3) is 0.577. The standard InChI is InChI=1S/C26H32F3N7O2/c27-26(28,29)17-4-3-5-19(12-17)36-23-21(15-30-36)22(32-24(33-23)31-18-13-20(37)14-18)35-10-6-25(38,7-11-35)16-34-8-1-2-9-34/h3-5,12,15,18,20,37-38H,1-2,6-11,13-14,16H2,(H,31,32,33). The van der Waals surface area contributed by atoms with Gasteiger partial charge >= 0.3 is 6.18 Å². The van der Waals surface area contributed by atoms with Crippen molar-refractivity contribution in [3.05, 3.63) is 36.0 Å². The van der Waals surface area contributed by atoms with Crippen LogP contribution < -0.4 is 10.2 Å². The van der Waals surface area contributed by atoms with Crippen LogP contribution in [0.3, 0.4) is 0 Å². The molecule has 2 aliphatic heterocycles. The van der Waals surface area contributed by atoms with E-state index in [4.69, 9.17) is 4.98 Å². The topological polar surface area (TPSA) is 103 Å². The van der Waals surface area contributed by atoms with E-state index in [2.05, 4.69) is 25.2 Å². The zero-order valence-electron chi connectivity index (χ0n) is 21.0. The van der Waals surface area contributed by atoms with Crippen LogP contribution in [0.25, 0.3) is 16.7 Å². The van der Waals surface area contributed by atoms with Gasteiger partial charge in [0.1, 0.15) is 5.82 Å². The summed E-state index contributed by atoms with van der Waals surface area (Å²) in [5.74, 6) is 0.981. The molecule has 9 nitrogen and oxygen atoms in total. The molecule has 3 aliphatic rings. The monoisotopic (exact) mass is 531 g/mol. The Labute approximate surface area is 218 Å². The van der Waals surface area contributed by atoms with E-state index in [-0.39, 0.29) is 17.8 Å². The first-order chi connectivity index (χ1) is 18.2. The smallest absolute Gasteiger partial charge is 0.393 e. The highest BCUT2D eigenvalue weighted by molar-refractivity contribution is 5.89. The third kappa shape index (κ3) is 5.04. The van der Waals surface area contributed by atoms with Gasteiger partial charge in [0.05, 0.1) is 34.5 Å². The SMILES string of the molecule is OC1CC(Nc2nc(N3CCC(O)(CN4CCCC4)CC3)c3cnn(-c4cccc(C(F)(F)F)c4)c3n2)C1. The molecular formula is C26H32F3N7O2. The van der Waals surface area contributed by atoms with Gasteiger partial charge in [0.15, 0.2) is 5.65 Å². The van der Waals surface area contributed by atoms with Crippen molar-refractivity contribution in [3.8, 4) is 5.69 Å². The minimum Gasteiger partial charge on any atom is -0.393 e. The largest absolute Gasteiger partial charge is 0.416 e. The normalized spacial score (nSPS) is 24.1. The number of fused-ring (bicyclic) bond motifs is 1. The third-order valence-electron chi connectivity index (χ3n) is 7.98. The van der Waals surface area contributed by atoms with E-state index in [1.54, 1.807) is 12.3 Å². The van der Waals surface area contributed by atoms with Crippen molar-refractivity contribution in [2.45, 2.75) is 62.4 Å². The van der Waals surface area contributed by atoms with Gasteiger partial charge in [-0.1, -0.05) is 6.07 Å². The summed E-state index contributed by atoms with van der Waals surface area (Å²) < 4.78 is 41.6. The second-order valence-corrected chi connectivity index (χ2v) is 10.9. The number of hydrogen-bond acceptors (Lipinski definition) is 8. The van der Waals surface area contributed by atoms with Gasteiger partial charge in [-0.05, 0) is 69.8 Å². The average molecular weight is 532 g/mol. The van der Waals surface area contributed by atoms with Gasteiger partial charge in [-0.25, -0.2) is 4.68 Å².